The molecule has 0 saturated heterocycles. The van der Waals surface area contributed by atoms with Crippen LogP contribution in [0.1, 0.15) is 36.2 Å². The normalized spacial score (nSPS) is 10.4. The lowest BCUT2D eigenvalue weighted by molar-refractivity contribution is -0.115. The average Bonchev–Trinajstić information content (AvgIpc) is 2.64. The molecule has 2 aromatic rings. The highest BCUT2D eigenvalue weighted by Gasteiger charge is 2.13. The van der Waals surface area contributed by atoms with Crippen LogP contribution in [0.25, 0.3) is 0 Å². The number of aryl methyl sites for hydroxylation is 1. The van der Waals surface area contributed by atoms with E-state index in [0.29, 0.717) is 36.5 Å². The SMILES string of the molecule is CCN(CC)C(=O)c1cccc(NC(=O)CCSc2ccc(C)cc2)c1. The maximum Gasteiger partial charge on any atom is 0.253 e. The average molecular weight is 371 g/mol. The molecule has 0 heterocycles. The van der Waals surface area contributed by atoms with Gasteiger partial charge in [0.15, 0.2) is 0 Å². The molecule has 5 heteroatoms. The second kappa shape index (κ2) is 10.0. The number of amides is 2. The third-order valence-electron chi connectivity index (χ3n) is 4.06. The third-order valence-corrected chi connectivity index (χ3v) is 5.08. The van der Waals surface area contributed by atoms with Gasteiger partial charge in [0.1, 0.15) is 0 Å². The van der Waals surface area contributed by atoms with Crippen molar-refractivity contribution < 1.29 is 9.59 Å². The zero-order valence-electron chi connectivity index (χ0n) is 15.6. The molecule has 0 aliphatic heterocycles. The van der Waals surface area contributed by atoms with Gasteiger partial charge >= 0.3 is 0 Å². The molecule has 0 unspecified atom stereocenters. The Morgan fingerprint density at radius 2 is 1.73 bits per heavy atom. The van der Waals surface area contributed by atoms with Gasteiger partial charge in [-0.25, -0.2) is 0 Å². The molecular weight excluding hydrogens is 344 g/mol. The van der Waals surface area contributed by atoms with Crippen molar-refractivity contribution in [3.63, 3.8) is 0 Å². The second-order valence-corrected chi connectivity index (χ2v) is 7.19. The number of nitrogens with zero attached hydrogens (tertiary/aromatic N) is 1. The lowest BCUT2D eigenvalue weighted by Gasteiger charge is -2.19. The number of rotatable bonds is 8. The van der Waals surface area contributed by atoms with Crippen molar-refractivity contribution in [1.82, 2.24) is 4.90 Å². The van der Waals surface area contributed by atoms with E-state index in [1.54, 1.807) is 34.9 Å². The Bertz CT molecular complexity index is 740. The van der Waals surface area contributed by atoms with E-state index in [1.807, 2.05) is 19.9 Å². The van der Waals surface area contributed by atoms with Crippen LogP contribution in [0.15, 0.2) is 53.4 Å². The van der Waals surface area contributed by atoms with Crippen molar-refractivity contribution in [3.05, 3.63) is 59.7 Å². The maximum absolute atomic E-state index is 12.4. The van der Waals surface area contributed by atoms with Crippen molar-refractivity contribution in [1.29, 1.82) is 0 Å². The number of thioether (sulfide) groups is 1. The van der Waals surface area contributed by atoms with Crippen LogP contribution in [0.3, 0.4) is 0 Å². The Hall–Kier alpha value is -2.27. The minimum atomic E-state index is -0.0444. The van der Waals surface area contributed by atoms with Gasteiger partial charge in [-0.2, -0.15) is 0 Å². The summed E-state index contributed by atoms with van der Waals surface area (Å²) in [5, 5.41) is 2.88. The van der Waals surface area contributed by atoms with Crippen molar-refractivity contribution in [3.8, 4) is 0 Å². The Labute approximate surface area is 160 Å². The molecule has 2 rings (SSSR count). The lowest BCUT2D eigenvalue weighted by atomic mass is 10.1. The summed E-state index contributed by atoms with van der Waals surface area (Å²) in [5.41, 5.74) is 2.49. The fourth-order valence-corrected chi connectivity index (χ4v) is 3.39. The summed E-state index contributed by atoms with van der Waals surface area (Å²) >= 11 is 1.66. The van der Waals surface area contributed by atoms with Gasteiger partial charge < -0.3 is 10.2 Å². The fourth-order valence-electron chi connectivity index (χ4n) is 2.54. The molecule has 26 heavy (non-hydrogen) atoms. The first-order valence-corrected chi connectivity index (χ1v) is 9.90. The van der Waals surface area contributed by atoms with E-state index in [4.69, 9.17) is 0 Å². The number of anilines is 1. The van der Waals surface area contributed by atoms with E-state index in [-0.39, 0.29) is 11.8 Å². The van der Waals surface area contributed by atoms with E-state index < -0.39 is 0 Å². The number of benzene rings is 2. The zero-order valence-corrected chi connectivity index (χ0v) is 16.4. The number of nitrogens with one attached hydrogen (secondary N) is 1. The number of carbonyl (C=O) groups is 2. The van der Waals surface area contributed by atoms with Crippen LogP contribution in [0.5, 0.6) is 0 Å². The highest BCUT2D eigenvalue weighted by atomic mass is 32.2. The number of carbonyl (C=O) groups excluding carboxylic acids is 2. The smallest absolute Gasteiger partial charge is 0.253 e. The summed E-state index contributed by atoms with van der Waals surface area (Å²) in [4.78, 5) is 27.5. The van der Waals surface area contributed by atoms with Crippen LogP contribution in [0.4, 0.5) is 5.69 Å². The maximum atomic E-state index is 12.4. The van der Waals surface area contributed by atoms with E-state index >= 15 is 0 Å². The predicted octanol–water partition coefficient (Wildman–Crippen LogP) is 4.60. The standard InChI is InChI=1S/C21H26N2O2S/c1-4-23(5-2)21(25)17-7-6-8-18(15-17)22-20(24)13-14-26-19-11-9-16(3)10-12-19/h6-12,15H,4-5,13-14H2,1-3H3,(H,22,24). The van der Waals surface area contributed by atoms with Gasteiger partial charge in [-0.15, -0.1) is 11.8 Å². The van der Waals surface area contributed by atoms with Crippen LogP contribution in [0, 0.1) is 6.92 Å². The van der Waals surface area contributed by atoms with E-state index in [1.165, 1.54) is 5.56 Å². The van der Waals surface area contributed by atoms with E-state index in [0.717, 1.165) is 4.90 Å². The Balaban J connectivity index is 1.87. The van der Waals surface area contributed by atoms with Crippen molar-refractivity contribution >= 4 is 29.3 Å². The highest BCUT2D eigenvalue weighted by molar-refractivity contribution is 7.99. The molecule has 2 aromatic carbocycles. The molecule has 0 radical (unpaired) electrons. The van der Waals surface area contributed by atoms with E-state index in [9.17, 15) is 9.59 Å². The molecule has 1 N–H and O–H groups in total. The number of hydrogen-bond donors (Lipinski definition) is 1. The van der Waals surface area contributed by atoms with Crippen LogP contribution < -0.4 is 5.32 Å². The predicted molar refractivity (Wildman–Crippen MR) is 109 cm³/mol. The molecule has 0 aromatic heterocycles. The highest BCUT2D eigenvalue weighted by Crippen LogP contribution is 2.19. The molecule has 138 valence electrons. The minimum Gasteiger partial charge on any atom is -0.339 e. The summed E-state index contributed by atoms with van der Waals surface area (Å²) in [5.74, 6) is 0.658. The van der Waals surface area contributed by atoms with Gasteiger partial charge in [-0.1, -0.05) is 23.8 Å². The van der Waals surface area contributed by atoms with Gasteiger partial charge in [0.25, 0.3) is 5.91 Å². The van der Waals surface area contributed by atoms with Crippen molar-refractivity contribution in [2.45, 2.75) is 32.1 Å². The fraction of sp³-hybridized carbons (Fsp3) is 0.333. The lowest BCUT2D eigenvalue weighted by Crippen LogP contribution is -2.30. The quantitative estimate of drug-likeness (QED) is 0.691. The Morgan fingerprint density at radius 1 is 1.04 bits per heavy atom. The molecule has 0 saturated carbocycles. The Morgan fingerprint density at radius 3 is 2.38 bits per heavy atom. The van der Waals surface area contributed by atoms with Crippen LogP contribution in [-0.4, -0.2) is 35.6 Å². The summed E-state index contributed by atoms with van der Waals surface area (Å²) in [6.07, 6.45) is 0.423. The van der Waals surface area contributed by atoms with Crippen LogP contribution in [-0.2, 0) is 4.79 Å². The van der Waals surface area contributed by atoms with Gasteiger partial charge in [0.2, 0.25) is 5.91 Å². The first-order chi connectivity index (χ1) is 12.5. The molecule has 0 atom stereocenters. The molecule has 2 amide bonds. The van der Waals surface area contributed by atoms with Crippen LogP contribution in [0.2, 0.25) is 0 Å². The molecule has 0 spiro atoms. The van der Waals surface area contributed by atoms with Crippen LogP contribution >= 0.6 is 11.8 Å². The van der Waals surface area contributed by atoms with E-state index in [2.05, 4.69) is 36.5 Å². The first-order valence-electron chi connectivity index (χ1n) is 8.92. The summed E-state index contributed by atoms with van der Waals surface area (Å²) in [7, 11) is 0. The second-order valence-electron chi connectivity index (χ2n) is 6.02. The molecule has 0 aliphatic rings. The molecular formula is C21H26N2O2S. The summed E-state index contributed by atoms with van der Waals surface area (Å²) in [6.45, 7) is 7.31. The summed E-state index contributed by atoms with van der Waals surface area (Å²) in [6, 6.07) is 15.4. The minimum absolute atomic E-state index is 0.0129. The Kier molecular flexibility index (Phi) is 7.73. The van der Waals surface area contributed by atoms with Gasteiger partial charge in [-0.05, 0) is 51.1 Å². The summed E-state index contributed by atoms with van der Waals surface area (Å²) < 4.78 is 0. The number of hydrogen-bond acceptors (Lipinski definition) is 3. The third kappa shape index (κ3) is 5.92. The first kappa shape index (κ1) is 20.0. The molecule has 0 bridgehead atoms. The molecule has 0 fully saturated rings. The zero-order chi connectivity index (χ0) is 18.9. The van der Waals surface area contributed by atoms with Gasteiger partial charge in [0, 0.05) is 41.4 Å². The monoisotopic (exact) mass is 370 g/mol. The largest absolute Gasteiger partial charge is 0.339 e. The van der Waals surface area contributed by atoms with Crippen molar-refractivity contribution in [2.75, 3.05) is 24.2 Å². The van der Waals surface area contributed by atoms with Gasteiger partial charge in [-0.3, -0.25) is 9.59 Å². The molecule has 4 nitrogen and oxygen atoms in total. The molecule has 0 aliphatic carbocycles. The van der Waals surface area contributed by atoms with Crippen molar-refractivity contribution in [2.24, 2.45) is 0 Å². The topological polar surface area (TPSA) is 49.4 Å². The van der Waals surface area contributed by atoms with Gasteiger partial charge in [0.05, 0.1) is 0 Å².